The molecule has 6 nitrogen and oxygen atoms in total. The van der Waals surface area contributed by atoms with E-state index in [0.29, 0.717) is 18.0 Å². The minimum atomic E-state index is 0.141. The number of anilines is 1. The summed E-state index contributed by atoms with van der Waals surface area (Å²) in [5.74, 6) is 0.465. The quantitative estimate of drug-likeness (QED) is 0.790. The molecule has 106 valence electrons. The largest absolute Gasteiger partial charge is 0.464 e. The number of hydrogen-bond donors (Lipinski definition) is 1. The third kappa shape index (κ3) is 4.18. The number of methoxy groups -OCH3 is 1. The lowest BCUT2D eigenvalue weighted by Crippen LogP contribution is -2.19. The van der Waals surface area contributed by atoms with Crippen LogP contribution in [-0.4, -0.2) is 41.8 Å². The van der Waals surface area contributed by atoms with Crippen molar-refractivity contribution in [2.24, 2.45) is 5.41 Å². The molecule has 1 heterocycles. The van der Waals surface area contributed by atoms with Crippen LogP contribution >= 0.6 is 11.6 Å². The van der Waals surface area contributed by atoms with Crippen LogP contribution in [-0.2, 0) is 4.74 Å². The predicted octanol–water partition coefficient (Wildman–Crippen LogP) is 2.15. The Bertz CT molecular complexity index is 426. The van der Waals surface area contributed by atoms with E-state index < -0.39 is 0 Å². The number of ether oxygens (including phenoxy) is 2. The molecule has 1 aromatic heterocycles. The summed E-state index contributed by atoms with van der Waals surface area (Å²) in [6.07, 6.45) is 3.47. The number of aromatic nitrogens is 3. The summed E-state index contributed by atoms with van der Waals surface area (Å²) in [4.78, 5) is 12.1. The van der Waals surface area contributed by atoms with E-state index in [9.17, 15) is 0 Å². The summed E-state index contributed by atoms with van der Waals surface area (Å²) in [5, 5.41) is 3.36. The lowest BCUT2D eigenvalue weighted by Gasteiger charge is -2.15. The van der Waals surface area contributed by atoms with Gasteiger partial charge in [-0.3, -0.25) is 0 Å². The molecular weight excluding hydrogens is 268 g/mol. The van der Waals surface area contributed by atoms with E-state index >= 15 is 0 Å². The first kappa shape index (κ1) is 14.3. The Morgan fingerprint density at radius 2 is 2.11 bits per heavy atom. The highest BCUT2D eigenvalue weighted by molar-refractivity contribution is 6.28. The van der Waals surface area contributed by atoms with Crippen molar-refractivity contribution in [2.75, 3.05) is 32.2 Å². The van der Waals surface area contributed by atoms with Gasteiger partial charge < -0.3 is 14.8 Å². The SMILES string of the molecule is CCOc1nc(Cl)nc(NCC2(CCOC)CC2)n1. The molecule has 1 aromatic rings. The van der Waals surface area contributed by atoms with E-state index in [1.807, 2.05) is 6.92 Å². The van der Waals surface area contributed by atoms with Crippen molar-refractivity contribution in [3.63, 3.8) is 0 Å². The Balaban J connectivity index is 1.92. The van der Waals surface area contributed by atoms with E-state index in [2.05, 4.69) is 20.3 Å². The monoisotopic (exact) mass is 286 g/mol. The number of hydrogen-bond acceptors (Lipinski definition) is 6. The second kappa shape index (κ2) is 6.34. The van der Waals surface area contributed by atoms with Crippen molar-refractivity contribution in [3.8, 4) is 6.01 Å². The van der Waals surface area contributed by atoms with Crippen LogP contribution in [0.15, 0.2) is 0 Å². The fourth-order valence-electron chi connectivity index (χ4n) is 1.88. The average molecular weight is 287 g/mol. The number of nitrogens with zero attached hydrogens (tertiary/aromatic N) is 3. The van der Waals surface area contributed by atoms with Gasteiger partial charge in [-0.15, -0.1) is 0 Å². The van der Waals surface area contributed by atoms with E-state index in [1.54, 1.807) is 7.11 Å². The normalized spacial score (nSPS) is 16.2. The molecule has 1 aliphatic rings. The number of halogens is 1. The van der Waals surface area contributed by atoms with Gasteiger partial charge >= 0.3 is 6.01 Å². The van der Waals surface area contributed by atoms with Gasteiger partial charge in [0.2, 0.25) is 11.2 Å². The number of rotatable bonds is 8. The minimum Gasteiger partial charge on any atom is -0.464 e. The van der Waals surface area contributed by atoms with Gasteiger partial charge in [0.05, 0.1) is 6.61 Å². The molecule has 2 rings (SSSR count). The average Bonchev–Trinajstić information content (AvgIpc) is 3.15. The Hall–Kier alpha value is -1.14. The Labute approximate surface area is 117 Å². The van der Waals surface area contributed by atoms with Crippen LogP contribution < -0.4 is 10.1 Å². The molecule has 0 aromatic carbocycles. The van der Waals surface area contributed by atoms with Crippen LogP contribution in [0.1, 0.15) is 26.2 Å². The zero-order chi connectivity index (χ0) is 13.7. The van der Waals surface area contributed by atoms with Gasteiger partial charge in [0.25, 0.3) is 0 Å². The van der Waals surface area contributed by atoms with Gasteiger partial charge in [0.15, 0.2) is 0 Å². The summed E-state index contributed by atoms with van der Waals surface area (Å²) < 4.78 is 10.4. The third-order valence-electron chi connectivity index (χ3n) is 3.28. The van der Waals surface area contributed by atoms with Crippen LogP contribution in [0, 0.1) is 5.41 Å². The molecule has 0 bridgehead atoms. The minimum absolute atomic E-state index is 0.141. The van der Waals surface area contributed by atoms with Crippen molar-refractivity contribution < 1.29 is 9.47 Å². The molecule has 0 aliphatic heterocycles. The molecule has 1 saturated carbocycles. The van der Waals surface area contributed by atoms with E-state index in [-0.39, 0.29) is 11.3 Å². The fraction of sp³-hybridized carbons (Fsp3) is 0.750. The van der Waals surface area contributed by atoms with Crippen molar-refractivity contribution in [1.29, 1.82) is 0 Å². The summed E-state index contributed by atoms with van der Waals surface area (Å²) >= 11 is 5.83. The van der Waals surface area contributed by atoms with E-state index in [4.69, 9.17) is 21.1 Å². The van der Waals surface area contributed by atoms with Crippen LogP contribution in [0.3, 0.4) is 0 Å². The first-order chi connectivity index (χ1) is 9.17. The highest BCUT2D eigenvalue weighted by Gasteiger charge is 2.41. The molecule has 1 fully saturated rings. The van der Waals surface area contributed by atoms with Gasteiger partial charge in [0, 0.05) is 20.3 Å². The predicted molar refractivity (Wildman–Crippen MR) is 72.7 cm³/mol. The molecule has 1 aliphatic carbocycles. The maximum absolute atomic E-state index is 5.83. The molecule has 19 heavy (non-hydrogen) atoms. The lowest BCUT2D eigenvalue weighted by atomic mass is 10.0. The van der Waals surface area contributed by atoms with Crippen LogP contribution in [0.25, 0.3) is 0 Å². The van der Waals surface area contributed by atoms with Crippen molar-refractivity contribution in [2.45, 2.75) is 26.2 Å². The molecule has 0 radical (unpaired) electrons. The molecule has 0 atom stereocenters. The molecule has 7 heteroatoms. The van der Waals surface area contributed by atoms with Crippen molar-refractivity contribution in [1.82, 2.24) is 15.0 Å². The molecule has 0 unspecified atom stereocenters. The molecule has 0 spiro atoms. The smallest absolute Gasteiger partial charge is 0.322 e. The first-order valence-electron chi connectivity index (χ1n) is 6.45. The number of nitrogens with one attached hydrogen (secondary N) is 1. The topological polar surface area (TPSA) is 69.2 Å². The Kier molecular flexibility index (Phi) is 4.76. The highest BCUT2D eigenvalue weighted by atomic mass is 35.5. The van der Waals surface area contributed by atoms with Gasteiger partial charge in [0.1, 0.15) is 0 Å². The Morgan fingerprint density at radius 1 is 1.32 bits per heavy atom. The maximum Gasteiger partial charge on any atom is 0.322 e. The first-order valence-corrected chi connectivity index (χ1v) is 6.82. The summed E-state index contributed by atoms with van der Waals surface area (Å²) in [6, 6.07) is 0.256. The summed E-state index contributed by atoms with van der Waals surface area (Å²) in [5.41, 5.74) is 0.320. The van der Waals surface area contributed by atoms with Crippen LogP contribution in [0.2, 0.25) is 5.28 Å². The fourth-order valence-corrected chi connectivity index (χ4v) is 2.03. The zero-order valence-corrected chi connectivity index (χ0v) is 12.0. The van der Waals surface area contributed by atoms with Gasteiger partial charge in [-0.2, -0.15) is 15.0 Å². The van der Waals surface area contributed by atoms with Gasteiger partial charge in [-0.25, -0.2) is 0 Å². The summed E-state index contributed by atoms with van der Waals surface area (Å²) in [7, 11) is 1.73. The maximum atomic E-state index is 5.83. The molecule has 1 N–H and O–H groups in total. The molecule has 0 amide bonds. The van der Waals surface area contributed by atoms with Crippen LogP contribution in [0.5, 0.6) is 6.01 Å². The standard InChI is InChI=1S/C12H19ClN4O2/c1-3-19-11-16-9(13)15-10(17-11)14-8-12(4-5-12)6-7-18-2/h3-8H2,1-2H3,(H,14,15,16,17). The second-order valence-corrected chi connectivity index (χ2v) is 5.08. The lowest BCUT2D eigenvalue weighted by molar-refractivity contribution is 0.174. The van der Waals surface area contributed by atoms with Crippen LogP contribution in [0.4, 0.5) is 5.95 Å². The van der Waals surface area contributed by atoms with Crippen molar-refractivity contribution >= 4 is 17.5 Å². The van der Waals surface area contributed by atoms with Crippen molar-refractivity contribution in [3.05, 3.63) is 5.28 Å². The van der Waals surface area contributed by atoms with Gasteiger partial charge in [-0.05, 0) is 43.2 Å². The highest BCUT2D eigenvalue weighted by Crippen LogP contribution is 2.48. The van der Waals surface area contributed by atoms with E-state index in [1.165, 1.54) is 12.8 Å². The van der Waals surface area contributed by atoms with Gasteiger partial charge in [-0.1, -0.05) is 0 Å². The summed E-state index contributed by atoms with van der Waals surface area (Å²) in [6.45, 7) is 3.97. The second-order valence-electron chi connectivity index (χ2n) is 4.74. The molecule has 0 saturated heterocycles. The van der Waals surface area contributed by atoms with E-state index in [0.717, 1.165) is 19.6 Å². The third-order valence-corrected chi connectivity index (χ3v) is 3.45. The zero-order valence-electron chi connectivity index (χ0n) is 11.3. The molecular formula is C12H19ClN4O2. The Morgan fingerprint density at radius 3 is 2.74 bits per heavy atom.